The molecule has 1 unspecified atom stereocenters. The summed E-state index contributed by atoms with van der Waals surface area (Å²) in [5.74, 6) is 0. The quantitative estimate of drug-likeness (QED) is 0.526. The lowest BCUT2D eigenvalue weighted by atomic mass is 9.63. The number of aliphatic hydroxyl groups is 1. The highest BCUT2D eigenvalue weighted by atomic mass is 16.7. The van der Waals surface area contributed by atoms with Crippen molar-refractivity contribution in [2.24, 2.45) is 0 Å². The summed E-state index contributed by atoms with van der Waals surface area (Å²) in [4.78, 5) is 0. The predicted octanol–water partition coefficient (Wildman–Crippen LogP) is -0.681. The van der Waals surface area contributed by atoms with Crippen LogP contribution in [0.4, 0.5) is 0 Å². The van der Waals surface area contributed by atoms with E-state index in [1.807, 2.05) is 21.7 Å². The summed E-state index contributed by atoms with van der Waals surface area (Å²) in [6.45, 7) is 4.89. The van der Waals surface area contributed by atoms with Crippen molar-refractivity contribution < 1.29 is 19.3 Å². The van der Waals surface area contributed by atoms with Crippen molar-refractivity contribution in [2.45, 2.75) is 43.8 Å². The molecule has 0 saturated carbocycles. The molecule has 2 rings (SSSR count). The van der Waals surface area contributed by atoms with Crippen LogP contribution in [0.5, 0.6) is 0 Å². The summed E-state index contributed by atoms with van der Waals surface area (Å²) in [5, 5.41) is 9.85. The highest BCUT2D eigenvalue weighted by Gasteiger charge is 2.47. The third-order valence-electron chi connectivity index (χ3n) is 2.99. The standard InChI is InChI=1S/C9H17BO4/c1-5-12-3-6-7(14-5)8(11)9(2,10)4-13-6/h5-8,11H,3-4,10H2,1-2H3/t5-,6-,7?,8+,9-/m1/s1. The van der Waals surface area contributed by atoms with E-state index in [2.05, 4.69) is 0 Å². The minimum atomic E-state index is -0.479. The zero-order valence-corrected chi connectivity index (χ0v) is 8.90. The predicted molar refractivity (Wildman–Crippen MR) is 52.9 cm³/mol. The second-order valence-electron chi connectivity index (χ2n) is 4.78. The molecule has 2 saturated heterocycles. The molecule has 5 atom stereocenters. The molecule has 1 N–H and O–H groups in total. The molecule has 0 aromatic heterocycles. The van der Waals surface area contributed by atoms with Crippen LogP contribution in [0, 0.1) is 0 Å². The van der Waals surface area contributed by atoms with Gasteiger partial charge in [0, 0.05) is 6.61 Å². The maximum absolute atomic E-state index is 10.1. The van der Waals surface area contributed by atoms with Crippen LogP contribution in [-0.2, 0) is 14.2 Å². The van der Waals surface area contributed by atoms with Crippen molar-refractivity contribution in [1.82, 2.24) is 0 Å². The fourth-order valence-corrected chi connectivity index (χ4v) is 1.95. The first-order valence-electron chi connectivity index (χ1n) is 5.07. The third-order valence-corrected chi connectivity index (χ3v) is 2.99. The van der Waals surface area contributed by atoms with E-state index in [9.17, 15) is 5.11 Å². The molecule has 0 aromatic carbocycles. The zero-order valence-electron chi connectivity index (χ0n) is 8.90. The fraction of sp³-hybridized carbons (Fsp3) is 1.00. The van der Waals surface area contributed by atoms with E-state index in [0.717, 1.165) is 0 Å². The Morgan fingerprint density at radius 3 is 2.86 bits per heavy atom. The van der Waals surface area contributed by atoms with Gasteiger partial charge in [0.2, 0.25) is 0 Å². The van der Waals surface area contributed by atoms with Gasteiger partial charge >= 0.3 is 0 Å². The van der Waals surface area contributed by atoms with Gasteiger partial charge in [-0.3, -0.25) is 0 Å². The molecule has 0 spiro atoms. The molecule has 4 nitrogen and oxygen atoms in total. The molecule has 2 aliphatic rings. The number of aliphatic hydroxyl groups excluding tert-OH is 1. The minimum Gasteiger partial charge on any atom is -0.390 e. The van der Waals surface area contributed by atoms with Gasteiger partial charge in [-0.2, -0.15) is 0 Å². The highest BCUT2D eigenvalue weighted by Crippen LogP contribution is 2.37. The van der Waals surface area contributed by atoms with Crippen molar-refractivity contribution >= 4 is 7.85 Å². The molecule has 0 radical (unpaired) electrons. The Labute approximate surface area is 84.9 Å². The molecule has 0 amide bonds. The SMILES string of the molecule is B[C@]1(C)CO[C@@H]2CO[C@@H](C)OC2[C@@H]1O. The Morgan fingerprint density at radius 2 is 2.14 bits per heavy atom. The fourth-order valence-electron chi connectivity index (χ4n) is 1.95. The van der Waals surface area contributed by atoms with Crippen LogP contribution in [0.1, 0.15) is 13.8 Å². The van der Waals surface area contributed by atoms with Crippen molar-refractivity contribution in [3.8, 4) is 0 Å². The van der Waals surface area contributed by atoms with Crippen LogP contribution in [0.15, 0.2) is 0 Å². The van der Waals surface area contributed by atoms with Crippen molar-refractivity contribution in [3.63, 3.8) is 0 Å². The number of hydrogen-bond donors (Lipinski definition) is 1. The van der Waals surface area contributed by atoms with Gasteiger partial charge in [0.05, 0.1) is 12.7 Å². The first kappa shape index (κ1) is 10.4. The van der Waals surface area contributed by atoms with Gasteiger partial charge in [-0.05, 0) is 12.2 Å². The van der Waals surface area contributed by atoms with Crippen LogP contribution in [-0.4, -0.2) is 50.8 Å². The maximum atomic E-state index is 10.1. The highest BCUT2D eigenvalue weighted by molar-refractivity contribution is 6.15. The van der Waals surface area contributed by atoms with E-state index in [1.54, 1.807) is 0 Å². The van der Waals surface area contributed by atoms with Crippen LogP contribution >= 0.6 is 0 Å². The lowest BCUT2D eigenvalue weighted by Gasteiger charge is -2.47. The smallest absolute Gasteiger partial charge is 0.155 e. The minimum absolute atomic E-state index is 0.116. The molecule has 5 heteroatoms. The van der Waals surface area contributed by atoms with E-state index < -0.39 is 6.10 Å². The number of fused-ring (bicyclic) bond motifs is 1. The van der Waals surface area contributed by atoms with E-state index in [0.29, 0.717) is 13.2 Å². The Morgan fingerprint density at radius 1 is 1.43 bits per heavy atom. The van der Waals surface area contributed by atoms with Gasteiger partial charge in [-0.25, -0.2) is 0 Å². The van der Waals surface area contributed by atoms with Crippen molar-refractivity contribution in [2.75, 3.05) is 13.2 Å². The maximum Gasteiger partial charge on any atom is 0.155 e. The lowest BCUT2D eigenvalue weighted by molar-refractivity contribution is -0.295. The molecular weight excluding hydrogens is 183 g/mol. The molecule has 0 aliphatic carbocycles. The second-order valence-corrected chi connectivity index (χ2v) is 4.78. The number of ether oxygens (including phenoxy) is 3. The van der Waals surface area contributed by atoms with E-state index >= 15 is 0 Å². The zero-order chi connectivity index (χ0) is 10.3. The van der Waals surface area contributed by atoms with E-state index in [-0.39, 0.29) is 23.8 Å². The van der Waals surface area contributed by atoms with Gasteiger partial charge in [-0.15, -0.1) is 0 Å². The second kappa shape index (κ2) is 3.49. The average Bonchev–Trinajstić information content (AvgIpc) is 2.13. The summed E-state index contributed by atoms with van der Waals surface area (Å²) in [6, 6.07) is 0. The van der Waals surface area contributed by atoms with Gasteiger partial charge in [0.15, 0.2) is 6.29 Å². The first-order chi connectivity index (χ1) is 6.50. The summed E-state index contributed by atoms with van der Waals surface area (Å²) < 4.78 is 16.5. The molecular formula is C9H17BO4. The van der Waals surface area contributed by atoms with Crippen molar-refractivity contribution in [1.29, 1.82) is 0 Å². The van der Waals surface area contributed by atoms with Crippen LogP contribution in [0.3, 0.4) is 0 Å². The van der Waals surface area contributed by atoms with Gasteiger partial charge in [0.1, 0.15) is 20.1 Å². The molecule has 0 aromatic rings. The number of hydrogen-bond acceptors (Lipinski definition) is 4. The summed E-state index contributed by atoms with van der Waals surface area (Å²) in [6.07, 6.45) is -1.09. The number of rotatable bonds is 0. The third kappa shape index (κ3) is 1.69. The average molecular weight is 200 g/mol. The van der Waals surface area contributed by atoms with Crippen LogP contribution in [0.25, 0.3) is 0 Å². The summed E-state index contributed by atoms with van der Waals surface area (Å²) >= 11 is 0. The van der Waals surface area contributed by atoms with E-state index in [1.165, 1.54) is 0 Å². The van der Waals surface area contributed by atoms with Gasteiger partial charge in [0.25, 0.3) is 0 Å². The topological polar surface area (TPSA) is 47.9 Å². The van der Waals surface area contributed by atoms with Crippen LogP contribution < -0.4 is 0 Å². The Hall–Kier alpha value is -0.0951. The Balaban J connectivity index is 2.10. The molecule has 14 heavy (non-hydrogen) atoms. The molecule has 2 aliphatic heterocycles. The normalized spacial score (nSPS) is 53.9. The first-order valence-corrected chi connectivity index (χ1v) is 5.07. The molecule has 0 bridgehead atoms. The Kier molecular flexibility index (Phi) is 2.60. The van der Waals surface area contributed by atoms with Gasteiger partial charge < -0.3 is 19.3 Å². The molecule has 2 fully saturated rings. The monoisotopic (exact) mass is 200 g/mol. The van der Waals surface area contributed by atoms with Crippen LogP contribution in [0.2, 0.25) is 5.31 Å². The summed E-state index contributed by atoms with van der Waals surface area (Å²) in [7, 11) is 1.98. The van der Waals surface area contributed by atoms with Gasteiger partial charge in [-0.1, -0.05) is 6.92 Å². The van der Waals surface area contributed by atoms with Crippen molar-refractivity contribution in [3.05, 3.63) is 0 Å². The summed E-state index contributed by atoms with van der Waals surface area (Å²) in [5.41, 5.74) is 0. The lowest BCUT2D eigenvalue weighted by Crippen LogP contribution is -2.58. The Bertz CT molecular complexity index is 221. The van der Waals surface area contributed by atoms with E-state index in [4.69, 9.17) is 14.2 Å². The molecule has 80 valence electrons. The molecule has 2 heterocycles. The largest absolute Gasteiger partial charge is 0.390 e.